The van der Waals surface area contributed by atoms with Gasteiger partial charge in [-0.1, -0.05) is 27.4 Å². The lowest BCUT2D eigenvalue weighted by Crippen LogP contribution is -2.04. The predicted octanol–water partition coefficient (Wildman–Crippen LogP) is 1.32. The largest absolute Gasteiger partial charge is 0.366 e. The minimum atomic E-state index is -0.481. The summed E-state index contributed by atoms with van der Waals surface area (Å²) in [6.45, 7) is 9.59. The van der Waals surface area contributed by atoms with E-state index in [0.717, 1.165) is 12.0 Å². The van der Waals surface area contributed by atoms with Crippen LogP contribution in [-0.4, -0.2) is 5.91 Å². The Kier molecular flexibility index (Phi) is 8.87. The second-order valence-electron chi connectivity index (χ2n) is 2.34. The lowest BCUT2D eigenvalue weighted by Gasteiger charge is -1.79. The molecule has 0 aromatic rings. The number of hydrogen-bond donors (Lipinski definition) is 1. The summed E-state index contributed by atoms with van der Waals surface area (Å²) < 4.78 is 0. The van der Waals surface area contributed by atoms with Crippen LogP contribution in [0.5, 0.6) is 0 Å². The van der Waals surface area contributed by atoms with Gasteiger partial charge in [0.15, 0.2) is 0 Å². The molecule has 0 rings (SSSR count). The number of rotatable bonds is 1. The summed E-state index contributed by atoms with van der Waals surface area (Å²) in [5.74, 6) is 0.352. The Labute approximate surface area is 56.7 Å². The Morgan fingerprint density at radius 1 is 1.56 bits per heavy atom. The number of nitrogens with two attached hydrogens (primary N) is 1. The van der Waals surface area contributed by atoms with Gasteiger partial charge in [0.2, 0.25) is 5.91 Å². The maximum Gasteiger partial charge on any atom is 0.240 e. The van der Waals surface area contributed by atoms with Gasteiger partial charge in [-0.3, -0.25) is 4.79 Å². The molecule has 0 saturated heterocycles. The third kappa shape index (κ3) is 134. The van der Waals surface area contributed by atoms with Crippen molar-refractivity contribution >= 4 is 5.91 Å². The molecular weight excluding hydrogens is 114 g/mol. The number of primary amides is 1. The number of hydrogen-bond acceptors (Lipinski definition) is 1. The average molecular weight is 129 g/mol. The van der Waals surface area contributed by atoms with E-state index in [1.165, 1.54) is 0 Å². The Morgan fingerprint density at radius 3 is 1.67 bits per heavy atom. The topological polar surface area (TPSA) is 43.1 Å². The monoisotopic (exact) mass is 129 g/mol. The summed E-state index contributed by atoms with van der Waals surface area (Å²) in [4.78, 5) is 9.47. The highest BCUT2D eigenvalue weighted by molar-refractivity contribution is 5.84. The van der Waals surface area contributed by atoms with Gasteiger partial charge in [0.25, 0.3) is 0 Å². The molecule has 0 unspecified atom stereocenters. The summed E-state index contributed by atoms with van der Waals surface area (Å²) >= 11 is 0. The molecule has 0 aromatic carbocycles. The van der Waals surface area contributed by atoms with Crippen LogP contribution >= 0.6 is 0 Å². The Morgan fingerprint density at radius 2 is 1.67 bits per heavy atom. The molecule has 0 heterocycles. The molecule has 2 N–H and O–H groups in total. The Balaban J connectivity index is 0. The number of carbonyl (C=O) groups excluding carboxylic acids is 1. The maximum atomic E-state index is 9.47. The summed E-state index contributed by atoms with van der Waals surface area (Å²) in [5.41, 5.74) is 4.53. The van der Waals surface area contributed by atoms with E-state index < -0.39 is 5.91 Å². The second kappa shape index (κ2) is 7.21. The number of carbonyl (C=O) groups is 1. The molecular formula is C7H15NO. The first-order valence-electron chi connectivity index (χ1n) is 2.92. The first kappa shape index (κ1) is 11.1. The summed E-state index contributed by atoms with van der Waals surface area (Å²) in [5, 5.41) is 0. The summed E-state index contributed by atoms with van der Waals surface area (Å²) in [6.07, 6.45) is 1.06. The predicted molar refractivity (Wildman–Crippen MR) is 39.9 cm³/mol. The van der Waals surface area contributed by atoms with Crippen LogP contribution in [0.1, 0.15) is 20.8 Å². The molecule has 2 nitrogen and oxygen atoms in total. The zero-order valence-electron chi connectivity index (χ0n) is 6.35. The number of amides is 1. The highest BCUT2D eigenvalue weighted by atomic mass is 16.1. The van der Waals surface area contributed by atoms with Crippen molar-refractivity contribution in [3.8, 4) is 0 Å². The highest BCUT2D eigenvalue weighted by Crippen LogP contribution is 1.81. The van der Waals surface area contributed by atoms with Crippen LogP contribution in [0.3, 0.4) is 0 Å². The summed E-state index contributed by atoms with van der Waals surface area (Å²) in [7, 11) is 0. The Hall–Kier alpha value is -0.790. The fraction of sp³-hybridized carbons (Fsp3) is 0.571. The molecule has 0 bridgehead atoms. The molecule has 0 aromatic heterocycles. The van der Waals surface area contributed by atoms with Crippen LogP contribution in [-0.2, 0) is 4.79 Å². The van der Waals surface area contributed by atoms with Crippen molar-refractivity contribution in [2.75, 3.05) is 0 Å². The van der Waals surface area contributed by atoms with Gasteiger partial charge < -0.3 is 5.73 Å². The van der Waals surface area contributed by atoms with E-state index in [2.05, 4.69) is 33.1 Å². The normalized spacial score (nSPS) is 7.56. The fourth-order valence-electron chi connectivity index (χ4n) is 0. The van der Waals surface area contributed by atoms with Crippen molar-refractivity contribution in [3.63, 3.8) is 0 Å². The van der Waals surface area contributed by atoms with Gasteiger partial charge in [-0.15, -0.1) is 0 Å². The third-order valence-corrected chi connectivity index (χ3v) is 0.201. The summed E-state index contributed by atoms with van der Waals surface area (Å²) in [6, 6.07) is 0. The quantitative estimate of drug-likeness (QED) is 0.533. The molecule has 0 fully saturated rings. The molecule has 54 valence electrons. The van der Waals surface area contributed by atoms with Crippen LogP contribution in [0, 0.1) is 5.92 Å². The van der Waals surface area contributed by atoms with E-state index in [1.54, 1.807) is 0 Å². The van der Waals surface area contributed by atoms with E-state index in [1.807, 2.05) is 0 Å². The molecule has 0 saturated carbocycles. The SMILES string of the molecule is C=CC(N)=O.CC(C)C. The van der Waals surface area contributed by atoms with Crippen LogP contribution in [0.2, 0.25) is 0 Å². The van der Waals surface area contributed by atoms with Gasteiger partial charge >= 0.3 is 0 Å². The zero-order valence-corrected chi connectivity index (χ0v) is 6.35. The van der Waals surface area contributed by atoms with Crippen LogP contribution in [0.4, 0.5) is 0 Å². The highest BCUT2D eigenvalue weighted by Gasteiger charge is 1.69. The molecule has 0 atom stereocenters. The van der Waals surface area contributed by atoms with Crippen molar-refractivity contribution < 1.29 is 4.79 Å². The molecule has 9 heavy (non-hydrogen) atoms. The van der Waals surface area contributed by atoms with E-state index >= 15 is 0 Å². The van der Waals surface area contributed by atoms with E-state index in [-0.39, 0.29) is 0 Å². The van der Waals surface area contributed by atoms with Gasteiger partial charge in [0, 0.05) is 0 Å². The molecule has 2 heteroatoms. The first-order chi connectivity index (χ1) is 4.00. The maximum absolute atomic E-state index is 9.47. The molecule has 0 aliphatic carbocycles. The van der Waals surface area contributed by atoms with Crippen LogP contribution in [0.25, 0.3) is 0 Å². The van der Waals surface area contributed by atoms with E-state index in [4.69, 9.17) is 0 Å². The molecule has 0 aliphatic rings. The minimum absolute atomic E-state index is 0.481. The second-order valence-corrected chi connectivity index (χ2v) is 2.34. The standard InChI is InChI=1S/C4H10.C3H5NO/c1-4(2)3;1-2-3(4)5/h4H,1-3H3;2H,1H2,(H2,4,5). The van der Waals surface area contributed by atoms with Gasteiger partial charge in [0.1, 0.15) is 0 Å². The van der Waals surface area contributed by atoms with Crippen LogP contribution < -0.4 is 5.73 Å². The third-order valence-electron chi connectivity index (χ3n) is 0.201. The lowest BCUT2D eigenvalue weighted by molar-refractivity contribution is -0.113. The lowest BCUT2D eigenvalue weighted by atomic mass is 10.3. The van der Waals surface area contributed by atoms with Crippen molar-refractivity contribution in [2.45, 2.75) is 20.8 Å². The molecule has 0 aliphatic heterocycles. The zero-order chi connectivity index (χ0) is 7.86. The van der Waals surface area contributed by atoms with Crippen molar-refractivity contribution in [2.24, 2.45) is 11.7 Å². The fourth-order valence-corrected chi connectivity index (χ4v) is 0. The minimum Gasteiger partial charge on any atom is -0.366 e. The van der Waals surface area contributed by atoms with Crippen molar-refractivity contribution in [1.29, 1.82) is 0 Å². The smallest absolute Gasteiger partial charge is 0.240 e. The van der Waals surface area contributed by atoms with Gasteiger partial charge in [0.05, 0.1) is 0 Å². The van der Waals surface area contributed by atoms with Crippen molar-refractivity contribution in [1.82, 2.24) is 0 Å². The van der Waals surface area contributed by atoms with E-state index in [9.17, 15) is 4.79 Å². The van der Waals surface area contributed by atoms with Gasteiger partial charge in [-0.2, -0.15) is 0 Å². The van der Waals surface area contributed by atoms with Crippen molar-refractivity contribution in [3.05, 3.63) is 12.7 Å². The van der Waals surface area contributed by atoms with E-state index in [0.29, 0.717) is 0 Å². The molecule has 0 spiro atoms. The van der Waals surface area contributed by atoms with Gasteiger partial charge in [-0.05, 0) is 12.0 Å². The Bertz CT molecular complexity index is 84.2. The average Bonchev–Trinajstić information content (AvgIpc) is 1.65. The first-order valence-corrected chi connectivity index (χ1v) is 2.92. The molecule has 0 radical (unpaired) electrons. The van der Waals surface area contributed by atoms with Gasteiger partial charge in [-0.25, -0.2) is 0 Å². The molecule has 1 amide bonds. The van der Waals surface area contributed by atoms with Crippen LogP contribution in [0.15, 0.2) is 12.7 Å².